The van der Waals surface area contributed by atoms with Crippen LogP contribution in [-0.4, -0.2) is 61.1 Å². The van der Waals surface area contributed by atoms with Crippen LogP contribution in [0.3, 0.4) is 0 Å². The summed E-state index contributed by atoms with van der Waals surface area (Å²) in [4.78, 5) is 17.3. The van der Waals surface area contributed by atoms with Crippen LogP contribution in [0.2, 0.25) is 0 Å². The third-order valence-corrected chi connectivity index (χ3v) is 6.12. The van der Waals surface area contributed by atoms with Gasteiger partial charge in [0.2, 0.25) is 5.91 Å². The van der Waals surface area contributed by atoms with E-state index < -0.39 is 0 Å². The number of likely N-dealkylation sites (tertiary alicyclic amines) is 1. The number of hydrogen-bond donors (Lipinski definition) is 0. The highest BCUT2D eigenvalue weighted by Gasteiger charge is 2.39. The maximum absolute atomic E-state index is 12.6. The number of carbonyl (C=O) groups excluding carboxylic acids is 1. The van der Waals surface area contributed by atoms with E-state index in [2.05, 4.69) is 9.80 Å². The Balaban J connectivity index is 1.30. The Hall–Kier alpha value is -0.610. The van der Waals surface area contributed by atoms with Crippen LogP contribution in [0, 0.1) is 17.8 Å². The second-order valence-corrected chi connectivity index (χ2v) is 8.03. The highest BCUT2D eigenvalue weighted by molar-refractivity contribution is 5.76. The summed E-state index contributed by atoms with van der Waals surface area (Å²) in [5, 5.41) is 0. The smallest absolute Gasteiger partial charge is 0.222 e. The fourth-order valence-corrected chi connectivity index (χ4v) is 4.59. The van der Waals surface area contributed by atoms with Crippen LogP contribution in [0.5, 0.6) is 0 Å². The fraction of sp³-hybridized carbons (Fsp3) is 0.944. The Morgan fingerprint density at radius 1 is 1.00 bits per heavy atom. The molecule has 0 aromatic rings. The first-order valence-electron chi connectivity index (χ1n) is 9.39. The molecule has 0 radical (unpaired) electrons. The lowest BCUT2D eigenvalue weighted by atomic mass is 10.0. The normalized spacial score (nSPS) is 33.9. The van der Waals surface area contributed by atoms with Gasteiger partial charge in [0.25, 0.3) is 0 Å². The zero-order valence-corrected chi connectivity index (χ0v) is 13.7. The second-order valence-electron chi connectivity index (χ2n) is 8.03. The van der Waals surface area contributed by atoms with E-state index in [9.17, 15) is 4.79 Å². The van der Waals surface area contributed by atoms with E-state index in [4.69, 9.17) is 4.74 Å². The number of nitrogens with zero attached hydrogens (tertiary/aromatic N) is 2. The Kier molecular flexibility index (Phi) is 4.40. The number of amides is 1. The van der Waals surface area contributed by atoms with E-state index in [1.807, 2.05) is 0 Å². The molecule has 4 nitrogen and oxygen atoms in total. The second kappa shape index (κ2) is 6.48. The molecule has 2 saturated heterocycles. The summed E-state index contributed by atoms with van der Waals surface area (Å²) >= 11 is 0. The molecule has 2 atom stereocenters. The van der Waals surface area contributed by atoms with Gasteiger partial charge in [-0.2, -0.15) is 0 Å². The zero-order chi connectivity index (χ0) is 14.9. The molecule has 0 unspecified atom stereocenters. The molecule has 1 amide bonds. The number of hydrogen-bond acceptors (Lipinski definition) is 3. The van der Waals surface area contributed by atoms with Gasteiger partial charge < -0.3 is 14.5 Å². The fourth-order valence-electron chi connectivity index (χ4n) is 4.59. The average Bonchev–Trinajstić information content (AvgIpc) is 3.06. The summed E-state index contributed by atoms with van der Waals surface area (Å²) in [6.07, 6.45) is 9.07. The van der Waals surface area contributed by atoms with Crippen molar-refractivity contribution in [2.45, 2.75) is 51.0 Å². The van der Waals surface area contributed by atoms with Gasteiger partial charge in [0.1, 0.15) is 0 Å². The maximum Gasteiger partial charge on any atom is 0.222 e. The zero-order valence-electron chi connectivity index (χ0n) is 13.7. The molecule has 4 fully saturated rings. The Labute approximate surface area is 134 Å². The lowest BCUT2D eigenvalue weighted by Crippen LogP contribution is -2.35. The highest BCUT2D eigenvalue weighted by Crippen LogP contribution is 2.32. The lowest BCUT2D eigenvalue weighted by molar-refractivity contribution is -0.131. The minimum absolute atomic E-state index is 0.289. The van der Waals surface area contributed by atoms with Crippen LogP contribution in [0.4, 0.5) is 0 Å². The largest absolute Gasteiger partial charge is 0.375 e. The first-order valence-corrected chi connectivity index (χ1v) is 9.39. The van der Waals surface area contributed by atoms with Gasteiger partial charge >= 0.3 is 0 Å². The van der Waals surface area contributed by atoms with E-state index in [1.54, 1.807) is 0 Å². The average molecular weight is 306 g/mol. The molecular weight excluding hydrogens is 276 g/mol. The molecule has 4 heteroatoms. The number of fused-ring (bicyclic) bond motifs is 1. The van der Waals surface area contributed by atoms with Crippen molar-refractivity contribution in [1.82, 2.24) is 9.80 Å². The summed E-state index contributed by atoms with van der Waals surface area (Å²) in [6.45, 7) is 6.08. The van der Waals surface area contributed by atoms with Gasteiger partial charge in [-0.05, 0) is 37.5 Å². The first-order chi connectivity index (χ1) is 10.8. The minimum Gasteiger partial charge on any atom is -0.375 e. The SMILES string of the molecule is O=C(CC1CCCC1)N1C[C@H]2CN(CC3CC3)CCO[C@H]2C1. The van der Waals surface area contributed by atoms with Crippen molar-refractivity contribution in [3.8, 4) is 0 Å². The number of carbonyl (C=O) groups is 1. The molecular formula is C18H30N2O2. The van der Waals surface area contributed by atoms with Crippen molar-refractivity contribution >= 4 is 5.91 Å². The molecule has 124 valence electrons. The summed E-state index contributed by atoms with van der Waals surface area (Å²) in [7, 11) is 0. The third-order valence-electron chi connectivity index (χ3n) is 6.12. The van der Waals surface area contributed by atoms with Crippen LogP contribution < -0.4 is 0 Å². The first kappa shape index (κ1) is 14.9. The molecule has 0 spiro atoms. The molecule has 22 heavy (non-hydrogen) atoms. The minimum atomic E-state index is 0.289. The molecule has 0 aromatic heterocycles. The molecule has 2 saturated carbocycles. The van der Waals surface area contributed by atoms with Crippen LogP contribution in [0.1, 0.15) is 44.9 Å². The van der Waals surface area contributed by atoms with Crippen molar-refractivity contribution < 1.29 is 9.53 Å². The van der Waals surface area contributed by atoms with E-state index >= 15 is 0 Å². The predicted molar refractivity (Wildman–Crippen MR) is 85.5 cm³/mol. The van der Waals surface area contributed by atoms with E-state index in [1.165, 1.54) is 45.1 Å². The third kappa shape index (κ3) is 3.48. The van der Waals surface area contributed by atoms with Gasteiger partial charge in [0, 0.05) is 45.1 Å². The molecule has 2 aliphatic heterocycles. The van der Waals surface area contributed by atoms with Crippen LogP contribution in [0.25, 0.3) is 0 Å². The van der Waals surface area contributed by atoms with Gasteiger partial charge in [-0.3, -0.25) is 4.79 Å². The van der Waals surface area contributed by atoms with E-state index in [0.717, 1.165) is 45.1 Å². The molecule has 4 rings (SSSR count). The topological polar surface area (TPSA) is 32.8 Å². The van der Waals surface area contributed by atoms with E-state index in [0.29, 0.717) is 17.7 Å². The predicted octanol–water partition coefficient (Wildman–Crippen LogP) is 2.14. The molecule has 0 N–H and O–H groups in total. The molecule has 0 aromatic carbocycles. The molecule has 2 aliphatic carbocycles. The number of ether oxygens (including phenoxy) is 1. The van der Waals surface area contributed by atoms with E-state index in [-0.39, 0.29) is 6.10 Å². The van der Waals surface area contributed by atoms with Crippen molar-refractivity contribution in [1.29, 1.82) is 0 Å². The summed E-state index contributed by atoms with van der Waals surface area (Å²) in [6, 6.07) is 0. The molecule has 2 heterocycles. The monoisotopic (exact) mass is 306 g/mol. The Morgan fingerprint density at radius 2 is 1.82 bits per heavy atom. The Morgan fingerprint density at radius 3 is 2.59 bits per heavy atom. The van der Waals surface area contributed by atoms with Crippen molar-refractivity contribution in [2.75, 3.05) is 39.3 Å². The quantitative estimate of drug-likeness (QED) is 0.798. The van der Waals surface area contributed by atoms with Gasteiger partial charge in [-0.25, -0.2) is 0 Å². The highest BCUT2D eigenvalue weighted by atomic mass is 16.5. The summed E-state index contributed by atoms with van der Waals surface area (Å²) in [5.41, 5.74) is 0. The molecule has 4 aliphatic rings. The van der Waals surface area contributed by atoms with Gasteiger partial charge in [0.15, 0.2) is 0 Å². The lowest BCUT2D eigenvalue weighted by Gasteiger charge is -2.23. The van der Waals surface area contributed by atoms with Crippen LogP contribution in [0.15, 0.2) is 0 Å². The summed E-state index contributed by atoms with van der Waals surface area (Å²) in [5.74, 6) is 2.52. The number of rotatable bonds is 4. The standard InChI is InChI=1S/C18H30N2O2/c21-18(9-14-3-1-2-4-14)20-12-16-11-19(10-15-5-6-15)7-8-22-17(16)13-20/h14-17H,1-13H2/t16-,17+/m1/s1. The van der Waals surface area contributed by atoms with Crippen LogP contribution in [-0.2, 0) is 9.53 Å². The van der Waals surface area contributed by atoms with Gasteiger partial charge in [0.05, 0.1) is 12.7 Å². The van der Waals surface area contributed by atoms with Gasteiger partial charge in [-0.15, -0.1) is 0 Å². The van der Waals surface area contributed by atoms with Gasteiger partial charge in [-0.1, -0.05) is 12.8 Å². The summed E-state index contributed by atoms with van der Waals surface area (Å²) < 4.78 is 6.07. The van der Waals surface area contributed by atoms with Crippen LogP contribution >= 0.6 is 0 Å². The van der Waals surface area contributed by atoms with Crippen molar-refractivity contribution in [3.05, 3.63) is 0 Å². The Bertz CT molecular complexity index is 404. The van der Waals surface area contributed by atoms with Crippen molar-refractivity contribution in [3.63, 3.8) is 0 Å². The molecule has 0 bridgehead atoms. The van der Waals surface area contributed by atoms with Crippen molar-refractivity contribution in [2.24, 2.45) is 17.8 Å². The maximum atomic E-state index is 12.6.